The summed E-state index contributed by atoms with van der Waals surface area (Å²) in [6.45, 7) is 13.1. The minimum atomic E-state index is -0.703. The number of esters is 1. The van der Waals surface area contributed by atoms with Crippen LogP contribution in [0.5, 0.6) is 0 Å². The molecule has 1 aliphatic rings. The lowest BCUT2D eigenvalue weighted by atomic mass is 9.69. The Labute approximate surface area is 97.3 Å². The molecule has 1 unspecified atom stereocenters. The molecule has 0 N–H and O–H groups in total. The van der Waals surface area contributed by atoms with Crippen LogP contribution in [0.4, 0.5) is 0 Å². The summed E-state index contributed by atoms with van der Waals surface area (Å²) in [4.78, 5) is 15.2. The van der Waals surface area contributed by atoms with Crippen molar-refractivity contribution in [3.05, 3.63) is 24.1 Å². The standard InChI is InChI=1S/C13H19NO2/c1-4-13(9-7-6-8-10-13)11(14-3)12(15)16-5-2/h4,11H,1,5-10H2,2H3. The third kappa shape index (κ3) is 2.44. The summed E-state index contributed by atoms with van der Waals surface area (Å²) >= 11 is 0. The van der Waals surface area contributed by atoms with Crippen molar-refractivity contribution in [3.8, 4) is 0 Å². The molecule has 1 fully saturated rings. The molecule has 0 saturated heterocycles. The van der Waals surface area contributed by atoms with Gasteiger partial charge < -0.3 is 9.58 Å². The third-order valence-electron chi connectivity index (χ3n) is 3.37. The van der Waals surface area contributed by atoms with Crippen LogP contribution in [-0.2, 0) is 9.53 Å². The number of hydrogen-bond acceptors (Lipinski definition) is 2. The summed E-state index contributed by atoms with van der Waals surface area (Å²) in [6.07, 6.45) is 6.87. The molecule has 16 heavy (non-hydrogen) atoms. The van der Waals surface area contributed by atoms with Gasteiger partial charge in [0.25, 0.3) is 0 Å². The predicted octanol–water partition coefficient (Wildman–Crippen LogP) is 2.97. The van der Waals surface area contributed by atoms with Gasteiger partial charge in [0, 0.05) is 0 Å². The van der Waals surface area contributed by atoms with Gasteiger partial charge in [-0.25, -0.2) is 11.4 Å². The van der Waals surface area contributed by atoms with Gasteiger partial charge in [0.15, 0.2) is 0 Å². The molecule has 0 radical (unpaired) electrons. The monoisotopic (exact) mass is 221 g/mol. The fourth-order valence-electron chi connectivity index (χ4n) is 2.44. The highest BCUT2D eigenvalue weighted by Crippen LogP contribution is 2.42. The molecule has 0 spiro atoms. The number of carbonyl (C=O) groups excluding carboxylic acids is 1. The van der Waals surface area contributed by atoms with Gasteiger partial charge in [0.2, 0.25) is 0 Å². The van der Waals surface area contributed by atoms with E-state index in [0.29, 0.717) is 6.61 Å². The number of hydrogen-bond donors (Lipinski definition) is 0. The van der Waals surface area contributed by atoms with E-state index in [9.17, 15) is 4.79 Å². The molecule has 1 atom stereocenters. The minimum Gasteiger partial charge on any atom is -0.460 e. The topological polar surface area (TPSA) is 30.7 Å². The Balaban J connectivity index is 2.87. The molecule has 1 saturated carbocycles. The maximum atomic E-state index is 11.8. The molecule has 1 aliphatic carbocycles. The molecule has 0 aromatic heterocycles. The Morgan fingerprint density at radius 2 is 2.19 bits per heavy atom. The lowest BCUT2D eigenvalue weighted by molar-refractivity contribution is -0.146. The molecule has 0 aliphatic heterocycles. The molecule has 0 aromatic rings. The van der Waals surface area contributed by atoms with Crippen molar-refractivity contribution < 1.29 is 9.53 Å². The van der Waals surface area contributed by atoms with Crippen molar-refractivity contribution >= 4 is 5.97 Å². The number of rotatable bonds is 4. The molecule has 1 rings (SSSR count). The number of carbonyl (C=O) groups is 1. The largest absolute Gasteiger partial charge is 0.460 e. The number of ether oxygens (including phenoxy) is 1. The molecule has 88 valence electrons. The van der Waals surface area contributed by atoms with Crippen LogP contribution in [0.15, 0.2) is 12.7 Å². The molecule has 0 aromatic carbocycles. The second-order valence-electron chi connectivity index (χ2n) is 4.28. The van der Waals surface area contributed by atoms with Crippen LogP contribution >= 0.6 is 0 Å². The SMILES string of the molecule is [C-]#[N+]C(C(=O)OCC)C1(C=C)CCCCC1. The molecule has 0 amide bonds. The van der Waals surface area contributed by atoms with Crippen LogP contribution in [0.25, 0.3) is 4.85 Å². The summed E-state index contributed by atoms with van der Waals surface area (Å²) in [7, 11) is 0. The zero-order valence-electron chi connectivity index (χ0n) is 9.87. The number of nitrogens with zero attached hydrogens (tertiary/aromatic N) is 1. The average Bonchev–Trinajstić information content (AvgIpc) is 2.31. The molecule has 0 heterocycles. The minimum absolute atomic E-state index is 0.331. The zero-order valence-corrected chi connectivity index (χ0v) is 9.87. The van der Waals surface area contributed by atoms with Crippen molar-refractivity contribution in [3.63, 3.8) is 0 Å². The highest BCUT2D eigenvalue weighted by atomic mass is 16.5. The van der Waals surface area contributed by atoms with Gasteiger partial charge in [0.05, 0.1) is 12.0 Å². The van der Waals surface area contributed by atoms with Gasteiger partial charge in [-0.05, 0) is 19.8 Å². The van der Waals surface area contributed by atoms with Crippen molar-refractivity contribution in [2.24, 2.45) is 5.41 Å². The first kappa shape index (κ1) is 12.8. The molecule has 3 heteroatoms. The van der Waals surface area contributed by atoms with E-state index in [2.05, 4.69) is 11.4 Å². The van der Waals surface area contributed by atoms with Crippen molar-refractivity contribution in [1.82, 2.24) is 0 Å². The summed E-state index contributed by atoms with van der Waals surface area (Å²) in [6, 6.07) is -0.703. The summed E-state index contributed by atoms with van der Waals surface area (Å²) in [5.74, 6) is -0.390. The van der Waals surface area contributed by atoms with Crippen LogP contribution < -0.4 is 0 Å². The fourth-order valence-corrected chi connectivity index (χ4v) is 2.44. The lowest BCUT2D eigenvalue weighted by Crippen LogP contribution is -2.39. The van der Waals surface area contributed by atoms with Crippen molar-refractivity contribution in [2.75, 3.05) is 6.61 Å². The van der Waals surface area contributed by atoms with E-state index in [0.717, 1.165) is 25.7 Å². The van der Waals surface area contributed by atoms with Gasteiger partial charge in [0.1, 0.15) is 0 Å². The fraction of sp³-hybridized carbons (Fsp3) is 0.692. The van der Waals surface area contributed by atoms with Crippen LogP contribution in [-0.4, -0.2) is 18.6 Å². The van der Waals surface area contributed by atoms with E-state index < -0.39 is 6.04 Å². The summed E-state index contributed by atoms with van der Waals surface area (Å²) in [5.41, 5.74) is -0.355. The smallest absolute Gasteiger partial charge is 0.391 e. The van der Waals surface area contributed by atoms with E-state index in [-0.39, 0.29) is 11.4 Å². The first-order valence-corrected chi connectivity index (χ1v) is 5.87. The van der Waals surface area contributed by atoms with Crippen LogP contribution in [0.1, 0.15) is 39.0 Å². The van der Waals surface area contributed by atoms with Gasteiger partial charge in [-0.2, -0.15) is 0 Å². The second-order valence-corrected chi connectivity index (χ2v) is 4.28. The molecule has 3 nitrogen and oxygen atoms in total. The normalized spacial score (nSPS) is 20.5. The molecule has 0 bridgehead atoms. The van der Waals surface area contributed by atoms with Gasteiger partial charge in [-0.15, -0.1) is 6.58 Å². The predicted molar refractivity (Wildman–Crippen MR) is 62.7 cm³/mol. The Hall–Kier alpha value is -1.30. The van der Waals surface area contributed by atoms with E-state index in [4.69, 9.17) is 11.3 Å². The van der Waals surface area contributed by atoms with Crippen LogP contribution in [0.3, 0.4) is 0 Å². The maximum absolute atomic E-state index is 11.8. The summed E-state index contributed by atoms with van der Waals surface area (Å²) < 4.78 is 4.97. The highest BCUT2D eigenvalue weighted by molar-refractivity contribution is 5.79. The lowest BCUT2D eigenvalue weighted by Gasteiger charge is -2.33. The Morgan fingerprint density at radius 3 is 2.62 bits per heavy atom. The summed E-state index contributed by atoms with van der Waals surface area (Å²) in [5, 5.41) is 0. The Bertz CT molecular complexity index is 298. The Kier molecular flexibility index (Phi) is 4.54. The van der Waals surface area contributed by atoms with E-state index >= 15 is 0 Å². The van der Waals surface area contributed by atoms with E-state index in [1.54, 1.807) is 13.0 Å². The molecular weight excluding hydrogens is 202 g/mol. The second kappa shape index (κ2) is 5.69. The van der Waals surface area contributed by atoms with Crippen LogP contribution in [0, 0.1) is 12.0 Å². The Morgan fingerprint density at radius 1 is 1.56 bits per heavy atom. The first-order chi connectivity index (χ1) is 7.70. The quantitative estimate of drug-likeness (QED) is 0.415. The van der Waals surface area contributed by atoms with Gasteiger partial charge >= 0.3 is 12.0 Å². The zero-order chi connectivity index (χ0) is 12.0. The molecular formula is C13H19NO2. The van der Waals surface area contributed by atoms with E-state index in [1.807, 2.05) is 0 Å². The highest BCUT2D eigenvalue weighted by Gasteiger charge is 2.47. The first-order valence-electron chi connectivity index (χ1n) is 5.87. The van der Waals surface area contributed by atoms with Crippen molar-refractivity contribution in [1.29, 1.82) is 0 Å². The van der Waals surface area contributed by atoms with E-state index in [1.165, 1.54) is 6.42 Å². The van der Waals surface area contributed by atoms with Gasteiger partial charge in [-0.1, -0.05) is 25.3 Å². The maximum Gasteiger partial charge on any atom is 0.391 e. The van der Waals surface area contributed by atoms with Gasteiger partial charge in [-0.3, -0.25) is 0 Å². The van der Waals surface area contributed by atoms with Crippen molar-refractivity contribution in [2.45, 2.75) is 45.1 Å². The average molecular weight is 221 g/mol. The van der Waals surface area contributed by atoms with Crippen LogP contribution in [0.2, 0.25) is 0 Å². The third-order valence-corrected chi connectivity index (χ3v) is 3.37.